The lowest BCUT2D eigenvalue weighted by Gasteiger charge is -2.29. The SMILES string of the molecule is Cc1nnc2n1CCN(C(=O)[C@H]1CCN(c3ccc(F)cc3)C1=O)C2. The summed E-state index contributed by atoms with van der Waals surface area (Å²) in [5.74, 6) is 0.164. The fourth-order valence-corrected chi connectivity index (χ4v) is 3.50. The second-order valence-corrected chi connectivity index (χ2v) is 6.38. The Labute approximate surface area is 144 Å². The van der Waals surface area contributed by atoms with Gasteiger partial charge in [-0.15, -0.1) is 10.2 Å². The number of aromatic nitrogens is 3. The minimum atomic E-state index is -0.680. The van der Waals surface area contributed by atoms with Crippen molar-refractivity contribution in [3.05, 3.63) is 41.7 Å². The number of benzene rings is 1. The van der Waals surface area contributed by atoms with Gasteiger partial charge in [-0.3, -0.25) is 9.59 Å². The normalized spacial score (nSPS) is 20.1. The van der Waals surface area contributed by atoms with E-state index in [4.69, 9.17) is 0 Å². The summed E-state index contributed by atoms with van der Waals surface area (Å²) in [4.78, 5) is 28.7. The first-order valence-corrected chi connectivity index (χ1v) is 8.29. The van der Waals surface area contributed by atoms with Gasteiger partial charge in [0.2, 0.25) is 11.8 Å². The Bertz CT molecular complexity index is 832. The van der Waals surface area contributed by atoms with Crippen molar-refractivity contribution in [3.63, 3.8) is 0 Å². The van der Waals surface area contributed by atoms with Crippen LogP contribution in [0.3, 0.4) is 0 Å². The molecule has 0 bridgehead atoms. The summed E-state index contributed by atoms with van der Waals surface area (Å²) >= 11 is 0. The summed E-state index contributed by atoms with van der Waals surface area (Å²) < 4.78 is 15.1. The lowest BCUT2D eigenvalue weighted by atomic mass is 10.1. The topological polar surface area (TPSA) is 71.3 Å². The zero-order valence-corrected chi connectivity index (χ0v) is 13.9. The van der Waals surface area contributed by atoms with Crippen LogP contribution < -0.4 is 4.90 Å². The summed E-state index contributed by atoms with van der Waals surface area (Å²) in [5.41, 5.74) is 0.621. The second-order valence-electron chi connectivity index (χ2n) is 6.38. The molecule has 2 amide bonds. The maximum Gasteiger partial charge on any atom is 0.239 e. The molecule has 8 heteroatoms. The molecule has 1 aromatic carbocycles. The molecule has 0 unspecified atom stereocenters. The molecule has 0 N–H and O–H groups in total. The number of anilines is 1. The molecular weight excluding hydrogens is 325 g/mol. The Kier molecular flexibility index (Phi) is 3.74. The van der Waals surface area contributed by atoms with Crippen LogP contribution in [0.1, 0.15) is 18.1 Å². The summed E-state index contributed by atoms with van der Waals surface area (Å²) in [7, 11) is 0. The highest BCUT2D eigenvalue weighted by Crippen LogP contribution is 2.27. The van der Waals surface area contributed by atoms with Crippen LogP contribution in [0.2, 0.25) is 0 Å². The first-order chi connectivity index (χ1) is 12.0. The Hall–Kier alpha value is -2.77. The van der Waals surface area contributed by atoms with Crippen LogP contribution >= 0.6 is 0 Å². The number of halogens is 1. The van der Waals surface area contributed by atoms with Crippen molar-refractivity contribution < 1.29 is 14.0 Å². The molecule has 0 saturated carbocycles. The molecule has 25 heavy (non-hydrogen) atoms. The van der Waals surface area contributed by atoms with Crippen molar-refractivity contribution >= 4 is 17.5 Å². The third-order valence-corrected chi connectivity index (χ3v) is 4.89. The quantitative estimate of drug-likeness (QED) is 0.766. The van der Waals surface area contributed by atoms with Gasteiger partial charge >= 0.3 is 0 Å². The molecule has 2 aliphatic rings. The molecule has 2 aliphatic heterocycles. The standard InChI is InChI=1S/C17H18FN5O2/c1-11-19-20-15-10-21(8-9-22(11)15)16(24)14-6-7-23(17(14)25)13-4-2-12(18)3-5-13/h2-5,14H,6-10H2,1H3/t14-/m1/s1. The average Bonchev–Trinajstić information content (AvgIpc) is 3.18. The Balaban J connectivity index is 1.48. The molecule has 130 valence electrons. The molecule has 1 aromatic heterocycles. The van der Waals surface area contributed by atoms with E-state index in [1.807, 2.05) is 11.5 Å². The minimum Gasteiger partial charge on any atom is -0.333 e. The van der Waals surface area contributed by atoms with Crippen molar-refractivity contribution in [3.8, 4) is 0 Å². The van der Waals surface area contributed by atoms with Gasteiger partial charge in [0.05, 0.1) is 6.54 Å². The van der Waals surface area contributed by atoms with Gasteiger partial charge in [0.1, 0.15) is 17.6 Å². The van der Waals surface area contributed by atoms with Crippen LogP contribution in [-0.2, 0) is 22.7 Å². The molecule has 3 heterocycles. The molecule has 2 aromatic rings. The van der Waals surface area contributed by atoms with Crippen molar-refractivity contribution in [1.82, 2.24) is 19.7 Å². The largest absolute Gasteiger partial charge is 0.333 e. The zero-order valence-electron chi connectivity index (χ0n) is 13.9. The van der Waals surface area contributed by atoms with E-state index < -0.39 is 5.92 Å². The van der Waals surface area contributed by atoms with Crippen molar-refractivity contribution in [1.29, 1.82) is 0 Å². The lowest BCUT2D eigenvalue weighted by Crippen LogP contribution is -2.44. The number of hydrogen-bond donors (Lipinski definition) is 0. The number of rotatable bonds is 2. The van der Waals surface area contributed by atoms with E-state index in [-0.39, 0.29) is 17.6 Å². The molecule has 1 saturated heterocycles. The van der Waals surface area contributed by atoms with Gasteiger partial charge in [0.15, 0.2) is 5.82 Å². The smallest absolute Gasteiger partial charge is 0.239 e. The maximum absolute atomic E-state index is 13.1. The first kappa shape index (κ1) is 15.7. The van der Waals surface area contributed by atoms with Crippen LogP contribution in [0.25, 0.3) is 0 Å². The maximum atomic E-state index is 13.1. The summed E-state index contributed by atoms with van der Waals surface area (Å²) in [5, 5.41) is 8.13. The van der Waals surface area contributed by atoms with Gasteiger partial charge in [0, 0.05) is 25.3 Å². The highest BCUT2D eigenvalue weighted by atomic mass is 19.1. The molecule has 7 nitrogen and oxygen atoms in total. The van der Waals surface area contributed by atoms with E-state index in [1.54, 1.807) is 21.9 Å². The minimum absolute atomic E-state index is 0.165. The fourth-order valence-electron chi connectivity index (χ4n) is 3.50. The third-order valence-electron chi connectivity index (χ3n) is 4.89. The van der Waals surface area contributed by atoms with Gasteiger partial charge in [0.25, 0.3) is 0 Å². The van der Waals surface area contributed by atoms with E-state index in [2.05, 4.69) is 10.2 Å². The number of hydrogen-bond acceptors (Lipinski definition) is 4. The lowest BCUT2D eigenvalue weighted by molar-refractivity contribution is -0.141. The Morgan fingerprint density at radius 3 is 2.68 bits per heavy atom. The van der Waals surface area contributed by atoms with Gasteiger partial charge in [-0.1, -0.05) is 0 Å². The number of aryl methyl sites for hydroxylation is 1. The van der Waals surface area contributed by atoms with E-state index in [0.29, 0.717) is 38.3 Å². The van der Waals surface area contributed by atoms with E-state index in [9.17, 15) is 14.0 Å². The van der Waals surface area contributed by atoms with E-state index in [0.717, 1.165) is 11.6 Å². The number of carbonyl (C=O) groups is 2. The summed E-state index contributed by atoms with van der Waals surface area (Å²) in [6.45, 7) is 3.91. The van der Waals surface area contributed by atoms with Crippen molar-refractivity contribution in [2.45, 2.75) is 26.4 Å². The molecule has 0 radical (unpaired) electrons. The Morgan fingerprint density at radius 2 is 1.92 bits per heavy atom. The first-order valence-electron chi connectivity index (χ1n) is 8.29. The third kappa shape index (κ3) is 2.67. The van der Waals surface area contributed by atoms with Crippen LogP contribution in [-0.4, -0.2) is 44.6 Å². The predicted molar refractivity (Wildman–Crippen MR) is 87.0 cm³/mol. The molecular formula is C17H18FN5O2. The zero-order chi connectivity index (χ0) is 17.6. The molecule has 0 spiro atoms. The monoisotopic (exact) mass is 343 g/mol. The molecule has 1 atom stereocenters. The highest BCUT2D eigenvalue weighted by molar-refractivity contribution is 6.09. The number of amides is 2. The predicted octanol–water partition coefficient (Wildman–Crippen LogP) is 1.12. The number of carbonyl (C=O) groups excluding carboxylic acids is 2. The van der Waals surface area contributed by atoms with Gasteiger partial charge in [-0.25, -0.2) is 4.39 Å². The second kappa shape index (κ2) is 5.94. The van der Waals surface area contributed by atoms with Crippen LogP contribution in [0.15, 0.2) is 24.3 Å². The summed E-state index contributed by atoms with van der Waals surface area (Å²) in [6, 6.07) is 5.76. The Morgan fingerprint density at radius 1 is 1.16 bits per heavy atom. The fraction of sp³-hybridized carbons (Fsp3) is 0.412. The molecule has 4 rings (SSSR count). The van der Waals surface area contributed by atoms with Crippen molar-refractivity contribution in [2.75, 3.05) is 18.0 Å². The number of nitrogens with zero attached hydrogens (tertiary/aromatic N) is 5. The van der Waals surface area contributed by atoms with Crippen molar-refractivity contribution in [2.24, 2.45) is 5.92 Å². The van der Waals surface area contributed by atoms with Crippen LogP contribution in [0.5, 0.6) is 0 Å². The molecule has 1 fully saturated rings. The highest BCUT2D eigenvalue weighted by Gasteiger charge is 2.40. The number of fused-ring (bicyclic) bond motifs is 1. The van der Waals surface area contributed by atoms with Crippen LogP contribution in [0.4, 0.5) is 10.1 Å². The van der Waals surface area contributed by atoms with Crippen LogP contribution in [0, 0.1) is 18.7 Å². The van der Waals surface area contributed by atoms with E-state index >= 15 is 0 Å². The summed E-state index contributed by atoms with van der Waals surface area (Å²) in [6.07, 6.45) is 0.470. The average molecular weight is 343 g/mol. The van der Waals surface area contributed by atoms with Gasteiger partial charge in [-0.05, 0) is 37.6 Å². The molecule has 0 aliphatic carbocycles. The van der Waals surface area contributed by atoms with Gasteiger partial charge in [-0.2, -0.15) is 0 Å². The van der Waals surface area contributed by atoms with Gasteiger partial charge < -0.3 is 14.4 Å². The van der Waals surface area contributed by atoms with E-state index in [1.165, 1.54) is 12.1 Å².